The number of nitrogens with two attached hydrogens (primary N) is 1. The topological polar surface area (TPSA) is 51.3 Å². The van der Waals surface area contributed by atoms with E-state index in [2.05, 4.69) is 16.1 Å². The van der Waals surface area contributed by atoms with Crippen molar-refractivity contribution >= 4 is 11.4 Å². The smallest absolute Gasteiger partial charge is 0.0901 e. The van der Waals surface area contributed by atoms with Crippen molar-refractivity contribution in [1.29, 1.82) is 0 Å². The summed E-state index contributed by atoms with van der Waals surface area (Å²) in [4.78, 5) is 8.55. The molecule has 1 aromatic rings. The zero-order valence-electron chi connectivity index (χ0n) is 7.27. The molecule has 13 heavy (non-hydrogen) atoms. The third kappa shape index (κ3) is 1.75. The van der Waals surface area contributed by atoms with E-state index in [-0.39, 0.29) is 0 Å². The van der Waals surface area contributed by atoms with E-state index >= 15 is 0 Å². The molecule has 0 saturated carbocycles. The van der Waals surface area contributed by atoms with Gasteiger partial charge in [-0.3, -0.25) is 9.98 Å². The fraction of sp³-hybridized carbons (Fsp3) is 0.200. The summed E-state index contributed by atoms with van der Waals surface area (Å²) in [5.41, 5.74) is 8.16. The lowest BCUT2D eigenvalue weighted by Gasteiger charge is -2.05. The molecule has 2 heterocycles. The molecule has 0 aromatic carbocycles. The third-order valence-electron chi connectivity index (χ3n) is 1.90. The third-order valence-corrected chi connectivity index (χ3v) is 1.90. The Morgan fingerprint density at radius 2 is 2.31 bits per heavy atom. The largest absolute Gasteiger partial charge is 0.399 e. The lowest BCUT2D eigenvalue weighted by atomic mass is 10.1. The van der Waals surface area contributed by atoms with Crippen LogP contribution in [0.4, 0.5) is 5.69 Å². The molecule has 3 heteroatoms. The minimum absolute atomic E-state index is 0.728. The first-order valence-corrected chi connectivity index (χ1v) is 4.29. The summed E-state index contributed by atoms with van der Waals surface area (Å²) in [6.45, 7) is 0.850. The van der Waals surface area contributed by atoms with Crippen LogP contribution in [0.1, 0.15) is 12.1 Å². The lowest BCUT2D eigenvalue weighted by molar-refractivity contribution is 0.991. The minimum Gasteiger partial charge on any atom is -0.399 e. The van der Waals surface area contributed by atoms with Crippen LogP contribution in [0.2, 0.25) is 0 Å². The van der Waals surface area contributed by atoms with Crippen LogP contribution in [0.5, 0.6) is 0 Å². The van der Waals surface area contributed by atoms with Gasteiger partial charge in [-0.25, -0.2) is 0 Å². The number of rotatable bonds is 1. The molecule has 0 amide bonds. The summed E-state index contributed by atoms with van der Waals surface area (Å²) in [6.07, 6.45) is 6.82. The first-order valence-electron chi connectivity index (χ1n) is 4.29. The Morgan fingerprint density at radius 1 is 1.38 bits per heavy atom. The summed E-state index contributed by atoms with van der Waals surface area (Å²) in [7, 11) is 0. The van der Waals surface area contributed by atoms with Crippen LogP contribution >= 0.6 is 0 Å². The Bertz CT molecular complexity index is 366. The average Bonchev–Trinajstić information content (AvgIpc) is 2.19. The molecule has 3 nitrogen and oxygen atoms in total. The lowest BCUT2D eigenvalue weighted by Crippen LogP contribution is -2.05. The number of hydrogen-bond acceptors (Lipinski definition) is 3. The maximum absolute atomic E-state index is 5.65. The van der Waals surface area contributed by atoms with Gasteiger partial charge in [0.15, 0.2) is 0 Å². The van der Waals surface area contributed by atoms with Gasteiger partial charge in [-0.05, 0) is 24.6 Å². The standard InChI is InChI=1S/C10H11N3/c11-8-4-6-13-10(7-8)9-3-1-2-5-12-9/h1,3-4,6-7H,2,5H2,(H2,11,13). The number of pyridine rings is 1. The van der Waals surface area contributed by atoms with Gasteiger partial charge >= 0.3 is 0 Å². The second-order valence-corrected chi connectivity index (χ2v) is 2.93. The molecule has 0 fully saturated rings. The number of anilines is 1. The van der Waals surface area contributed by atoms with Gasteiger partial charge in [0.25, 0.3) is 0 Å². The highest BCUT2D eigenvalue weighted by Gasteiger charge is 2.03. The summed E-state index contributed by atoms with van der Waals surface area (Å²) in [5, 5.41) is 0. The van der Waals surface area contributed by atoms with Crippen molar-refractivity contribution in [2.45, 2.75) is 6.42 Å². The molecule has 0 spiro atoms. The molecule has 1 aliphatic heterocycles. The second-order valence-electron chi connectivity index (χ2n) is 2.93. The van der Waals surface area contributed by atoms with E-state index < -0.39 is 0 Å². The van der Waals surface area contributed by atoms with Gasteiger partial charge in [0, 0.05) is 18.4 Å². The summed E-state index contributed by atoms with van der Waals surface area (Å²) >= 11 is 0. The highest BCUT2D eigenvalue weighted by Crippen LogP contribution is 2.08. The maximum Gasteiger partial charge on any atom is 0.0901 e. The van der Waals surface area contributed by atoms with Crippen molar-refractivity contribution in [2.24, 2.45) is 4.99 Å². The Morgan fingerprint density at radius 3 is 3.00 bits per heavy atom. The number of aliphatic imine (C=N–C) groups is 1. The van der Waals surface area contributed by atoms with Crippen LogP contribution in [0.15, 0.2) is 35.5 Å². The first-order chi connectivity index (χ1) is 6.36. The van der Waals surface area contributed by atoms with Gasteiger partial charge in [0.05, 0.1) is 11.4 Å². The molecule has 2 rings (SSSR count). The van der Waals surface area contributed by atoms with Crippen LogP contribution in [0.25, 0.3) is 0 Å². The number of allylic oxidation sites excluding steroid dienone is 1. The number of aromatic nitrogens is 1. The first kappa shape index (κ1) is 7.98. The summed E-state index contributed by atoms with van der Waals surface area (Å²) < 4.78 is 0. The SMILES string of the molecule is Nc1ccnc(C2=NCCC=C2)c1. The number of hydrogen-bond donors (Lipinski definition) is 1. The van der Waals surface area contributed by atoms with E-state index in [1.54, 1.807) is 12.3 Å². The van der Waals surface area contributed by atoms with E-state index in [0.29, 0.717) is 0 Å². The van der Waals surface area contributed by atoms with Crippen LogP contribution in [-0.4, -0.2) is 17.2 Å². The predicted octanol–water partition coefficient (Wildman–Crippen LogP) is 1.41. The molecule has 0 aliphatic carbocycles. The van der Waals surface area contributed by atoms with E-state index in [4.69, 9.17) is 5.73 Å². The minimum atomic E-state index is 0.728. The Balaban J connectivity index is 2.35. The quantitative estimate of drug-likeness (QED) is 0.698. The zero-order chi connectivity index (χ0) is 9.10. The Labute approximate surface area is 77.0 Å². The van der Waals surface area contributed by atoms with Crippen molar-refractivity contribution in [3.8, 4) is 0 Å². The molecule has 0 unspecified atom stereocenters. The van der Waals surface area contributed by atoms with E-state index in [1.807, 2.05) is 12.1 Å². The molecule has 0 saturated heterocycles. The average molecular weight is 173 g/mol. The fourth-order valence-electron chi connectivity index (χ4n) is 1.26. The van der Waals surface area contributed by atoms with Crippen LogP contribution < -0.4 is 5.73 Å². The molecule has 0 atom stereocenters. The maximum atomic E-state index is 5.65. The van der Waals surface area contributed by atoms with Gasteiger partial charge in [0.1, 0.15) is 0 Å². The highest BCUT2D eigenvalue weighted by molar-refractivity contribution is 6.08. The molecule has 66 valence electrons. The Hall–Kier alpha value is -1.64. The van der Waals surface area contributed by atoms with Crippen molar-refractivity contribution in [2.75, 3.05) is 12.3 Å². The van der Waals surface area contributed by atoms with E-state index in [9.17, 15) is 0 Å². The summed E-state index contributed by atoms with van der Waals surface area (Å²) in [6, 6.07) is 3.62. The zero-order valence-corrected chi connectivity index (χ0v) is 7.27. The van der Waals surface area contributed by atoms with Gasteiger partial charge in [-0.1, -0.05) is 6.08 Å². The second kappa shape index (κ2) is 3.39. The van der Waals surface area contributed by atoms with E-state index in [1.165, 1.54) is 0 Å². The summed E-state index contributed by atoms with van der Waals surface area (Å²) in [5.74, 6) is 0. The van der Waals surface area contributed by atoms with Crippen molar-refractivity contribution in [3.05, 3.63) is 36.2 Å². The monoisotopic (exact) mass is 173 g/mol. The van der Waals surface area contributed by atoms with Crippen LogP contribution in [0, 0.1) is 0 Å². The molecule has 2 N–H and O–H groups in total. The molecule has 0 radical (unpaired) electrons. The Kier molecular flexibility index (Phi) is 2.08. The predicted molar refractivity (Wildman–Crippen MR) is 53.8 cm³/mol. The van der Waals surface area contributed by atoms with Gasteiger partial charge in [0.2, 0.25) is 0 Å². The van der Waals surface area contributed by atoms with Gasteiger partial charge < -0.3 is 5.73 Å². The molecule has 0 bridgehead atoms. The van der Waals surface area contributed by atoms with Gasteiger partial charge in [-0.15, -0.1) is 0 Å². The molecule has 1 aliphatic rings. The highest BCUT2D eigenvalue weighted by atomic mass is 14.8. The number of nitrogens with zero attached hydrogens (tertiary/aromatic N) is 2. The number of nitrogen functional groups attached to an aromatic ring is 1. The van der Waals surface area contributed by atoms with Crippen LogP contribution in [-0.2, 0) is 0 Å². The van der Waals surface area contributed by atoms with E-state index in [0.717, 1.165) is 30.1 Å². The molecule has 1 aromatic heterocycles. The van der Waals surface area contributed by atoms with Gasteiger partial charge in [-0.2, -0.15) is 0 Å². The molecular formula is C10H11N3. The number of dihydropyridines is 1. The van der Waals surface area contributed by atoms with Crippen molar-refractivity contribution in [1.82, 2.24) is 4.98 Å². The fourth-order valence-corrected chi connectivity index (χ4v) is 1.26. The van der Waals surface area contributed by atoms with Crippen molar-refractivity contribution in [3.63, 3.8) is 0 Å². The van der Waals surface area contributed by atoms with Crippen LogP contribution in [0.3, 0.4) is 0 Å². The normalized spacial score (nSPS) is 15.5. The van der Waals surface area contributed by atoms with Crippen molar-refractivity contribution < 1.29 is 0 Å². The molecular weight excluding hydrogens is 162 g/mol.